The SMILES string of the molecule is CCCC/C=C/C=C/CCCCCC(=O)OCC(O)COCCC(C(=O)O)[N+](C)(C)C. The Labute approximate surface area is 188 Å². The molecule has 0 saturated carbocycles. The summed E-state index contributed by atoms with van der Waals surface area (Å²) in [7, 11) is 5.45. The van der Waals surface area contributed by atoms with Gasteiger partial charge in [0.15, 0.2) is 6.04 Å². The largest absolute Gasteiger partial charge is 0.477 e. The number of aliphatic carboxylic acids is 1. The van der Waals surface area contributed by atoms with Crippen LogP contribution in [0.15, 0.2) is 24.3 Å². The molecular formula is C24H44NO6+. The van der Waals surface area contributed by atoms with Gasteiger partial charge in [-0.1, -0.05) is 50.5 Å². The Morgan fingerprint density at radius 2 is 1.61 bits per heavy atom. The molecule has 2 unspecified atom stereocenters. The lowest BCUT2D eigenvalue weighted by Gasteiger charge is -2.31. The summed E-state index contributed by atoms with van der Waals surface area (Å²) >= 11 is 0. The Kier molecular flexibility index (Phi) is 16.9. The Morgan fingerprint density at radius 3 is 2.19 bits per heavy atom. The molecule has 7 nitrogen and oxygen atoms in total. The van der Waals surface area contributed by atoms with E-state index in [0.29, 0.717) is 17.3 Å². The number of esters is 1. The Balaban J connectivity index is 3.72. The molecule has 31 heavy (non-hydrogen) atoms. The Morgan fingerprint density at radius 1 is 0.968 bits per heavy atom. The maximum atomic E-state index is 11.7. The summed E-state index contributed by atoms with van der Waals surface area (Å²) in [5, 5.41) is 19.1. The maximum Gasteiger partial charge on any atom is 0.362 e. The van der Waals surface area contributed by atoms with Crippen LogP contribution >= 0.6 is 0 Å². The van der Waals surface area contributed by atoms with Crippen molar-refractivity contribution in [1.82, 2.24) is 0 Å². The van der Waals surface area contributed by atoms with Gasteiger partial charge in [0.2, 0.25) is 0 Å². The number of carbonyl (C=O) groups excluding carboxylic acids is 1. The standard InChI is InChI=1S/C24H43NO6/c1-5-6-7-8-9-10-11-12-13-14-15-16-23(27)31-20-21(26)19-30-18-17-22(24(28)29)25(2,3)4/h8-11,21-22,26H,5-7,12-20H2,1-4H3/p+1/b9-8+,11-10+. The second kappa shape index (κ2) is 17.9. The molecule has 0 rings (SSSR count). The summed E-state index contributed by atoms with van der Waals surface area (Å²) in [6.07, 6.45) is 15.6. The average molecular weight is 443 g/mol. The molecule has 0 spiro atoms. The normalized spacial score (nSPS) is 14.2. The molecule has 2 N–H and O–H groups in total. The number of carbonyl (C=O) groups is 2. The van der Waals surface area contributed by atoms with E-state index in [0.717, 1.165) is 32.1 Å². The van der Waals surface area contributed by atoms with Gasteiger partial charge in [0, 0.05) is 12.8 Å². The Bertz CT molecular complexity index is 539. The summed E-state index contributed by atoms with van der Waals surface area (Å²) in [5.41, 5.74) is 0. The highest BCUT2D eigenvalue weighted by atomic mass is 16.5. The van der Waals surface area contributed by atoms with Gasteiger partial charge in [0.1, 0.15) is 12.7 Å². The fraction of sp³-hybridized carbons (Fsp3) is 0.750. The van der Waals surface area contributed by atoms with Gasteiger partial charge in [-0.05, 0) is 25.7 Å². The first kappa shape index (κ1) is 29.3. The molecule has 0 aromatic carbocycles. The third kappa shape index (κ3) is 17.7. The van der Waals surface area contributed by atoms with Crippen LogP contribution in [-0.2, 0) is 19.1 Å². The molecule has 0 amide bonds. The van der Waals surface area contributed by atoms with Gasteiger partial charge >= 0.3 is 11.9 Å². The van der Waals surface area contributed by atoms with Gasteiger partial charge in [0.25, 0.3) is 0 Å². The number of quaternary nitrogens is 1. The molecule has 0 aromatic heterocycles. The van der Waals surface area contributed by atoms with Crippen molar-refractivity contribution in [2.45, 2.75) is 76.9 Å². The zero-order valence-electron chi connectivity index (χ0n) is 19.9. The highest BCUT2D eigenvalue weighted by Gasteiger charge is 2.30. The third-order valence-corrected chi connectivity index (χ3v) is 4.86. The van der Waals surface area contributed by atoms with E-state index in [1.54, 1.807) is 0 Å². The van der Waals surface area contributed by atoms with Crippen molar-refractivity contribution in [3.05, 3.63) is 24.3 Å². The summed E-state index contributed by atoms with van der Waals surface area (Å²) in [6, 6.07) is -0.576. The van der Waals surface area contributed by atoms with Crippen LogP contribution in [0.2, 0.25) is 0 Å². The molecular weight excluding hydrogens is 398 g/mol. The third-order valence-electron chi connectivity index (χ3n) is 4.86. The smallest absolute Gasteiger partial charge is 0.362 e. The number of carboxylic acids is 1. The van der Waals surface area contributed by atoms with E-state index in [9.17, 15) is 19.8 Å². The molecule has 0 fully saturated rings. The second-order valence-electron chi connectivity index (χ2n) is 8.77. The maximum absolute atomic E-state index is 11.7. The number of hydrogen-bond donors (Lipinski definition) is 2. The van der Waals surface area contributed by atoms with Crippen LogP contribution in [0.5, 0.6) is 0 Å². The van der Waals surface area contributed by atoms with Crippen molar-refractivity contribution in [2.75, 3.05) is 41.0 Å². The molecule has 0 heterocycles. The Hall–Kier alpha value is -1.70. The molecule has 0 aromatic rings. The summed E-state index contributed by atoms with van der Waals surface area (Å²) in [4.78, 5) is 23.0. The molecule has 0 saturated heterocycles. The predicted molar refractivity (Wildman–Crippen MR) is 123 cm³/mol. The van der Waals surface area contributed by atoms with Crippen molar-refractivity contribution in [1.29, 1.82) is 0 Å². The molecule has 0 bridgehead atoms. The number of rotatable bonds is 19. The topological polar surface area (TPSA) is 93.1 Å². The number of allylic oxidation sites excluding steroid dienone is 4. The lowest BCUT2D eigenvalue weighted by atomic mass is 10.1. The van der Waals surface area contributed by atoms with E-state index in [2.05, 4.69) is 31.2 Å². The van der Waals surface area contributed by atoms with Crippen LogP contribution in [-0.4, -0.2) is 79.7 Å². The fourth-order valence-corrected chi connectivity index (χ4v) is 2.95. The molecule has 0 aliphatic heterocycles. The monoisotopic (exact) mass is 442 g/mol. The number of carboxylic acid groups (broad SMARTS) is 1. The van der Waals surface area contributed by atoms with E-state index < -0.39 is 18.1 Å². The number of unbranched alkanes of at least 4 members (excludes halogenated alkanes) is 5. The first-order valence-electron chi connectivity index (χ1n) is 11.5. The van der Waals surface area contributed by atoms with Crippen LogP contribution in [0.4, 0.5) is 0 Å². The van der Waals surface area contributed by atoms with Crippen LogP contribution in [0, 0.1) is 0 Å². The van der Waals surface area contributed by atoms with Crippen LogP contribution < -0.4 is 0 Å². The van der Waals surface area contributed by atoms with Crippen LogP contribution in [0.25, 0.3) is 0 Å². The van der Waals surface area contributed by atoms with E-state index in [-0.39, 0.29) is 25.8 Å². The summed E-state index contributed by atoms with van der Waals surface area (Å²) in [5.74, 6) is -1.19. The number of likely N-dealkylation sites (N-methyl/N-ethyl adjacent to an activating group) is 1. The van der Waals surface area contributed by atoms with Crippen molar-refractivity contribution in [3.8, 4) is 0 Å². The fourth-order valence-electron chi connectivity index (χ4n) is 2.95. The minimum Gasteiger partial charge on any atom is -0.477 e. The molecule has 180 valence electrons. The van der Waals surface area contributed by atoms with E-state index >= 15 is 0 Å². The second-order valence-corrected chi connectivity index (χ2v) is 8.77. The van der Waals surface area contributed by atoms with E-state index in [1.807, 2.05) is 21.1 Å². The zero-order valence-corrected chi connectivity index (χ0v) is 19.9. The lowest BCUT2D eigenvalue weighted by molar-refractivity contribution is -0.887. The van der Waals surface area contributed by atoms with Gasteiger partial charge in [-0.3, -0.25) is 4.79 Å². The van der Waals surface area contributed by atoms with Gasteiger partial charge in [-0.25, -0.2) is 4.79 Å². The van der Waals surface area contributed by atoms with Crippen LogP contribution in [0.3, 0.4) is 0 Å². The quantitative estimate of drug-likeness (QED) is 0.137. The minimum atomic E-state index is -0.910. The van der Waals surface area contributed by atoms with Crippen LogP contribution in [0.1, 0.15) is 64.7 Å². The summed E-state index contributed by atoms with van der Waals surface area (Å²) < 4.78 is 10.7. The molecule has 7 heteroatoms. The minimum absolute atomic E-state index is 0.00991. The first-order chi connectivity index (χ1) is 14.7. The van der Waals surface area contributed by atoms with Crippen molar-refractivity contribution < 1.29 is 33.8 Å². The highest BCUT2D eigenvalue weighted by Crippen LogP contribution is 2.09. The van der Waals surface area contributed by atoms with Crippen molar-refractivity contribution in [2.24, 2.45) is 0 Å². The number of ether oxygens (including phenoxy) is 2. The highest BCUT2D eigenvalue weighted by molar-refractivity contribution is 5.72. The summed E-state index contributed by atoms with van der Waals surface area (Å²) in [6.45, 7) is 2.31. The molecule has 0 radical (unpaired) electrons. The van der Waals surface area contributed by atoms with E-state index in [4.69, 9.17) is 9.47 Å². The zero-order chi connectivity index (χ0) is 23.5. The average Bonchev–Trinajstić information content (AvgIpc) is 2.69. The van der Waals surface area contributed by atoms with Gasteiger partial charge in [-0.15, -0.1) is 0 Å². The number of aliphatic hydroxyl groups excluding tert-OH is 1. The molecule has 0 aliphatic rings. The number of nitrogens with zero attached hydrogens (tertiary/aromatic N) is 1. The van der Waals surface area contributed by atoms with Gasteiger partial charge in [0.05, 0.1) is 34.4 Å². The van der Waals surface area contributed by atoms with Crippen molar-refractivity contribution in [3.63, 3.8) is 0 Å². The number of hydrogen-bond acceptors (Lipinski definition) is 5. The van der Waals surface area contributed by atoms with E-state index in [1.165, 1.54) is 12.8 Å². The molecule has 2 atom stereocenters. The molecule has 0 aliphatic carbocycles. The van der Waals surface area contributed by atoms with Gasteiger partial charge < -0.3 is 24.2 Å². The lowest BCUT2D eigenvalue weighted by Crippen LogP contribution is -2.50. The number of aliphatic hydroxyl groups is 1. The van der Waals surface area contributed by atoms with Crippen molar-refractivity contribution >= 4 is 11.9 Å². The van der Waals surface area contributed by atoms with Gasteiger partial charge in [-0.2, -0.15) is 0 Å². The first-order valence-corrected chi connectivity index (χ1v) is 11.5. The predicted octanol–water partition coefficient (Wildman–Crippen LogP) is 3.71.